The first-order valence-electron chi connectivity index (χ1n) is 12.5. The Kier molecular flexibility index (Phi) is 9.66. The molecule has 1 amide bonds. The maximum Gasteiger partial charge on any atom is 0.407 e. The average Bonchev–Trinajstić information content (AvgIpc) is 3.20. The maximum absolute atomic E-state index is 12.7. The highest BCUT2D eigenvalue weighted by molar-refractivity contribution is 5.82. The summed E-state index contributed by atoms with van der Waals surface area (Å²) in [6.45, 7) is 6.82. The highest BCUT2D eigenvalue weighted by atomic mass is 16.5. The van der Waals surface area contributed by atoms with Gasteiger partial charge in [-0.3, -0.25) is 9.69 Å². The molecular formula is C28H39N3O3. The van der Waals surface area contributed by atoms with Gasteiger partial charge in [0.25, 0.3) is 0 Å². The molecule has 3 N–H and O–H groups in total. The summed E-state index contributed by atoms with van der Waals surface area (Å²) in [7, 11) is 0. The first kappa shape index (κ1) is 25.9. The summed E-state index contributed by atoms with van der Waals surface area (Å²) in [6.07, 6.45) is 3.03. The van der Waals surface area contributed by atoms with Gasteiger partial charge in [0, 0.05) is 18.6 Å². The molecule has 0 radical (unpaired) electrons. The molecule has 1 saturated heterocycles. The number of carbonyl (C=O) groups is 2. The van der Waals surface area contributed by atoms with E-state index in [1.165, 1.54) is 0 Å². The lowest BCUT2D eigenvalue weighted by Crippen LogP contribution is -2.55. The molecule has 1 aliphatic rings. The van der Waals surface area contributed by atoms with Gasteiger partial charge in [-0.25, -0.2) is 4.79 Å². The third-order valence-electron chi connectivity index (χ3n) is 7.06. The molecule has 4 unspecified atom stereocenters. The predicted molar refractivity (Wildman–Crippen MR) is 135 cm³/mol. The zero-order valence-corrected chi connectivity index (χ0v) is 20.7. The third kappa shape index (κ3) is 6.90. The van der Waals surface area contributed by atoms with Gasteiger partial charge in [0.05, 0.1) is 12.1 Å². The highest BCUT2D eigenvalue weighted by Crippen LogP contribution is 2.32. The van der Waals surface area contributed by atoms with Crippen LogP contribution < -0.4 is 11.1 Å². The summed E-state index contributed by atoms with van der Waals surface area (Å²) in [5.41, 5.74) is 8.88. The van der Waals surface area contributed by atoms with Crippen molar-refractivity contribution in [2.45, 2.75) is 83.8 Å². The number of ether oxygens (including phenoxy) is 1. The van der Waals surface area contributed by atoms with Crippen LogP contribution >= 0.6 is 0 Å². The Labute approximate surface area is 203 Å². The Hall–Kier alpha value is -2.70. The molecule has 184 valence electrons. The van der Waals surface area contributed by atoms with E-state index in [4.69, 9.17) is 10.5 Å². The summed E-state index contributed by atoms with van der Waals surface area (Å²) >= 11 is 0. The van der Waals surface area contributed by atoms with Crippen molar-refractivity contribution in [3.8, 4) is 0 Å². The SMILES string of the molecule is CCC(CC)CC(N)C1C(NC(=O)OCc2ccccc2)CC(C(C)=O)N1Cc1ccccc1. The molecule has 6 heteroatoms. The number of nitrogens with two attached hydrogens (primary N) is 1. The van der Waals surface area contributed by atoms with Crippen LogP contribution in [0, 0.1) is 5.92 Å². The molecule has 0 aromatic heterocycles. The van der Waals surface area contributed by atoms with E-state index < -0.39 is 6.09 Å². The first-order valence-corrected chi connectivity index (χ1v) is 12.5. The number of likely N-dealkylation sites (tertiary alicyclic amines) is 1. The molecule has 2 aromatic carbocycles. The Morgan fingerprint density at radius 1 is 1.03 bits per heavy atom. The molecule has 6 nitrogen and oxygen atoms in total. The van der Waals surface area contributed by atoms with Crippen molar-refractivity contribution in [1.82, 2.24) is 10.2 Å². The van der Waals surface area contributed by atoms with Crippen molar-refractivity contribution in [3.63, 3.8) is 0 Å². The van der Waals surface area contributed by atoms with Gasteiger partial charge in [-0.1, -0.05) is 87.4 Å². The second-order valence-corrected chi connectivity index (χ2v) is 9.41. The van der Waals surface area contributed by atoms with E-state index in [1.54, 1.807) is 6.92 Å². The van der Waals surface area contributed by atoms with Gasteiger partial charge in [0.1, 0.15) is 12.4 Å². The predicted octanol–water partition coefficient (Wildman–Crippen LogP) is 4.67. The van der Waals surface area contributed by atoms with Crippen LogP contribution in [-0.4, -0.2) is 40.9 Å². The average molecular weight is 466 g/mol. The standard InChI is InChI=1S/C28H39N3O3/c1-4-21(5-2)16-24(29)27-25(30-28(33)34-19-23-14-10-7-11-15-23)17-26(20(3)32)31(27)18-22-12-8-6-9-13-22/h6-15,21,24-27H,4-5,16-19,29H2,1-3H3,(H,30,33). The van der Waals surface area contributed by atoms with Crippen LogP contribution in [0.15, 0.2) is 60.7 Å². The molecule has 2 aromatic rings. The van der Waals surface area contributed by atoms with Crippen LogP contribution in [0.4, 0.5) is 4.79 Å². The second-order valence-electron chi connectivity index (χ2n) is 9.41. The molecule has 0 aliphatic carbocycles. The van der Waals surface area contributed by atoms with E-state index in [-0.39, 0.29) is 36.6 Å². The number of carbonyl (C=O) groups excluding carboxylic acids is 2. The normalized spacial score (nSPS) is 21.4. The topological polar surface area (TPSA) is 84.7 Å². The minimum Gasteiger partial charge on any atom is -0.445 e. The molecule has 34 heavy (non-hydrogen) atoms. The summed E-state index contributed by atoms with van der Waals surface area (Å²) in [5, 5.41) is 3.05. The molecule has 0 saturated carbocycles. The number of hydrogen-bond donors (Lipinski definition) is 2. The zero-order chi connectivity index (χ0) is 24.5. The van der Waals surface area contributed by atoms with Crippen molar-refractivity contribution in [2.75, 3.05) is 0 Å². The smallest absolute Gasteiger partial charge is 0.407 e. The Bertz CT molecular complexity index is 902. The highest BCUT2D eigenvalue weighted by Gasteiger charge is 2.46. The first-order chi connectivity index (χ1) is 16.4. The van der Waals surface area contributed by atoms with Gasteiger partial charge in [-0.15, -0.1) is 0 Å². The van der Waals surface area contributed by atoms with Gasteiger partial charge >= 0.3 is 6.09 Å². The number of rotatable bonds is 11. The second kappa shape index (κ2) is 12.7. The van der Waals surface area contributed by atoms with Gasteiger partial charge in [0.15, 0.2) is 0 Å². The fourth-order valence-corrected chi connectivity index (χ4v) is 5.11. The molecule has 1 fully saturated rings. The number of amides is 1. The number of ketones is 1. The van der Waals surface area contributed by atoms with Crippen molar-refractivity contribution >= 4 is 11.9 Å². The van der Waals surface area contributed by atoms with E-state index in [2.05, 4.69) is 36.2 Å². The quantitative estimate of drug-likeness (QED) is 0.504. The minimum absolute atomic E-state index is 0.0950. The summed E-state index contributed by atoms with van der Waals surface area (Å²) < 4.78 is 5.50. The van der Waals surface area contributed by atoms with E-state index in [0.717, 1.165) is 30.4 Å². The maximum atomic E-state index is 12.7. The minimum atomic E-state index is -0.475. The van der Waals surface area contributed by atoms with Crippen LogP contribution in [0.25, 0.3) is 0 Å². The van der Waals surface area contributed by atoms with E-state index in [0.29, 0.717) is 18.9 Å². The molecular weight excluding hydrogens is 426 g/mol. The van der Waals surface area contributed by atoms with Gasteiger partial charge in [-0.05, 0) is 36.8 Å². The van der Waals surface area contributed by atoms with Crippen molar-refractivity contribution in [2.24, 2.45) is 11.7 Å². The largest absolute Gasteiger partial charge is 0.445 e. The molecule has 4 atom stereocenters. The van der Waals surface area contributed by atoms with Crippen molar-refractivity contribution in [3.05, 3.63) is 71.8 Å². The van der Waals surface area contributed by atoms with Gasteiger partial charge in [-0.2, -0.15) is 0 Å². The van der Waals surface area contributed by atoms with Crippen LogP contribution in [-0.2, 0) is 22.7 Å². The lowest BCUT2D eigenvalue weighted by atomic mass is 9.89. The third-order valence-corrected chi connectivity index (χ3v) is 7.06. The lowest BCUT2D eigenvalue weighted by molar-refractivity contribution is -0.121. The number of Topliss-reactive ketones (excluding diaryl/α,β-unsaturated/α-hetero) is 1. The Morgan fingerprint density at radius 2 is 1.62 bits per heavy atom. The monoisotopic (exact) mass is 465 g/mol. The Balaban J connectivity index is 1.79. The number of alkyl carbamates (subject to hydrolysis) is 1. The van der Waals surface area contributed by atoms with Gasteiger partial charge < -0.3 is 15.8 Å². The van der Waals surface area contributed by atoms with Crippen molar-refractivity contribution < 1.29 is 14.3 Å². The van der Waals surface area contributed by atoms with E-state index in [1.807, 2.05) is 48.5 Å². The Morgan fingerprint density at radius 3 is 2.18 bits per heavy atom. The van der Waals surface area contributed by atoms with Gasteiger partial charge in [0.2, 0.25) is 0 Å². The molecule has 0 spiro atoms. The summed E-state index contributed by atoms with van der Waals surface area (Å²) in [4.78, 5) is 27.6. The number of nitrogens with one attached hydrogen (secondary N) is 1. The number of benzene rings is 2. The fourth-order valence-electron chi connectivity index (χ4n) is 5.11. The van der Waals surface area contributed by atoms with Crippen LogP contribution in [0.5, 0.6) is 0 Å². The molecule has 1 heterocycles. The molecule has 3 rings (SSSR count). The zero-order valence-electron chi connectivity index (χ0n) is 20.7. The molecule has 0 bridgehead atoms. The van der Waals surface area contributed by atoms with Crippen molar-refractivity contribution in [1.29, 1.82) is 0 Å². The van der Waals surface area contributed by atoms with Crippen LogP contribution in [0.3, 0.4) is 0 Å². The lowest BCUT2D eigenvalue weighted by Gasteiger charge is -2.36. The number of hydrogen-bond acceptors (Lipinski definition) is 5. The van der Waals surface area contributed by atoms with Crippen LogP contribution in [0.2, 0.25) is 0 Å². The summed E-state index contributed by atoms with van der Waals surface area (Å²) in [5.74, 6) is 0.605. The van der Waals surface area contributed by atoms with E-state index in [9.17, 15) is 9.59 Å². The number of nitrogens with zero attached hydrogens (tertiary/aromatic N) is 1. The van der Waals surface area contributed by atoms with E-state index >= 15 is 0 Å². The molecule has 1 aliphatic heterocycles. The van der Waals surface area contributed by atoms with Crippen LogP contribution in [0.1, 0.15) is 57.6 Å². The fraction of sp³-hybridized carbons (Fsp3) is 0.500. The summed E-state index contributed by atoms with van der Waals surface area (Å²) in [6, 6.07) is 18.8.